The molecule has 1 aromatic carbocycles. The van der Waals surface area contributed by atoms with Crippen molar-refractivity contribution in [2.75, 3.05) is 46.1 Å². The molecule has 0 bridgehead atoms. The van der Waals surface area contributed by atoms with Crippen LogP contribution in [0.2, 0.25) is 0 Å². The number of likely N-dealkylation sites (N-methyl/N-ethyl adjacent to an activating group) is 1. The van der Waals surface area contributed by atoms with Gasteiger partial charge in [-0.25, -0.2) is 0 Å². The summed E-state index contributed by atoms with van der Waals surface area (Å²) < 4.78 is 10.7. The molecule has 1 atom stereocenters. The van der Waals surface area contributed by atoms with Crippen molar-refractivity contribution < 1.29 is 19.1 Å². The van der Waals surface area contributed by atoms with E-state index >= 15 is 0 Å². The molecule has 1 aliphatic carbocycles. The molecule has 0 radical (unpaired) electrons. The van der Waals surface area contributed by atoms with E-state index in [1.807, 2.05) is 9.80 Å². The molecule has 30 heavy (non-hydrogen) atoms. The molecule has 0 unspecified atom stereocenters. The molecule has 2 aliphatic heterocycles. The highest BCUT2D eigenvalue weighted by atomic mass is 16.7. The predicted molar refractivity (Wildman–Crippen MR) is 114 cm³/mol. The van der Waals surface area contributed by atoms with E-state index in [0.29, 0.717) is 36.1 Å². The van der Waals surface area contributed by atoms with Gasteiger partial charge in [0.15, 0.2) is 11.5 Å². The molecule has 2 amide bonds. The minimum absolute atomic E-state index is 0.0143. The lowest BCUT2D eigenvalue weighted by molar-refractivity contribution is -0.139. The average molecular weight is 416 g/mol. The van der Waals surface area contributed by atoms with Crippen LogP contribution in [0.15, 0.2) is 18.2 Å². The number of rotatable bonds is 6. The SMILES string of the molecule is CCN(CC)C(=O)[C@H](C1CCCC1)N1CCN(C(=O)c2ccc3c(c2)OCO3)CC1. The Morgan fingerprint density at radius 1 is 1.03 bits per heavy atom. The van der Waals surface area contributed by atoms with Crippen LogP contribution in [0, 0.1) is 5.92 Å². The number of hydrogen-bond acceptors (Lipinski definition) is 5. The van der Waals surface area contributed by atoms with Gasteiger partial charge in [0.25, 0.3) is 5.91 Å². The lowest BCUT2D eigenvalue weighted by atomic mass is 9.94. The van der Waals surface area contributed by atoms with Gasteiger partial charge in [-0.3, -0.25) is 14.5 Å². The Morgan fingerprint density at radius 3 is 2.37 bits per heavy atom. The zero-order chi connectivity index (χ0) is 21.1. The van der Waals surface area contributed by atoms with E-state index in [2.05, 4.69) is 18.7 Å². The van der Waals surface area contributed by atoms with E-state index in [0.717, 1.165) is 39.0 Å². The Hall–Kier alpha value is -2.28. The van der Waals surface area contributed by atoms with Crippen LogP contribution in [0.3, 0.4) is 0 Å². The van der Waals surface area contributed by atoms with E-state index in [9.17, 15) is 9.59 Å². The molecular weight excluding hydrogens is 382 g/mol. The highest BCUT2D eigenvalue weighted by Gasteiger charge is 2.38. The van der Waals surface area contributed by atoms with Crippen LogP contribution < -0.4 is 9.47 Å². The second-order valence-corrected chi connectivity index (χ2v) is 8.40. The quantitative estimate of drug-likeness (QED) is 0.715. The van der Waals surface area contributed by atoms with E-state index in [1.165, 1.54) is 12.8 Å². The molecule has 3 aliphatic rings. The summed E-state index contributed by atoms with van der Waals surface area (Å²) in [4.78, 5) is 32.5. The maximum atomic E-state index is 13.3. The van der Waals surface area contributed by atoms with E-state index in [4.69, 9.17) is 9.47 Å². The molecule has 2 heterocycles. The first-order chi connectivity index (χ1) is 14.6. The Labute approximate surface area is 178 Å². The molecular formula is C23H33N3O4. The monoisotopic (exact) mass is 415 g/mol. The predicted octanol–water partition coefficient (Wildman–Crippen LogP) is 2.60. The summed E-state index contributed by atoms with van der Waals surface area (Å²) in [7, 11) is 0. The third kappa shape index (κ3) is 4.13. The molecule has 4 rings (SSSR count). The van der Waals surface area contributed by atoms with Gasteiger partial charge in [-0.2, -0.15) is 0 Å². The number of amides is 2. The maximum Gasteiger partial charge on any atom is 0.254 e. The Balaban J connectivity index is 1.42. The molecule has 1 saturated carbocycles. The third-order valence-electron chi connectivity index (χ3n) is 6.79. The van der Waals surface area contributed by atoms with E-state index < -0.39 is 0 Å². The first-order valence-electron chi connectivity index (χ1n) is 11.3. The van der Waals surface area contributed by atoms with Gasteiger partial charge < -0.3 is 19.3 Å². The molecule has 7 nitrogen and oxygen atoms in total. The maximum absolute atomic E-state index is 13.3. The standard InChI is InChI=1S/C23H33N3O4/c1-3-24(4-2)23(28)21(17-7-5-6-8-17)25-11-13-26(14-12-25)22(27)18-9-10-19-20(15-18)30-16-29-19/h9-10,15,17,21H,3-8,11-14,16H2,1-2H3/t21-/m0/s1. The van der Waals surface area contributed by atoms with Crippen LogP contribution in [-0.2, 0) is 4.79 Å². The molecule has 0 N–H and O–H groups in total. The minimum Gasteiger partial charge on any atom is -0.454 e. The van der Waals surface area contributed by atoms with Crippen molar-refractivity contribution in [3.63, 3.8) is 0 Å². The summed E-state index contributed by atoms with van der Waals surface area (Å²) in [6.45, 7) is 8.57. The van der Waals surface area contributed by atoms with Gasteiger partial charge in [-0.15, -0.1) is 0 Å². The van der Waals surface area contributed by atoms with Gasteiger partial charge in [0.1, 0.15) is 0 Å². The van der Waals surface area contributed by atoms with Gasteiger partial charge in [0, 0.05) is 44.8 Å². The third-order valence-corrected chi connectivity index (χ3v) is 6.79. The Kier molecular flexibility index (Phi) is 6.46. The van der Waals surface area contributed by atoms with Crippen molar-refractivity contribution in [2.45, 2.75) is 45.6 Å². The van der Waals surface area contributed by atoms with Crippen molar-refractivity contribution in [3.8, 4) is 11.5 Å². The van der Waals surface area contributed by atoms with Crippen molar-refractivity contribution in [3.05, 3.63) is 23.8 Å². The molecule has 0 spiro atoms. The number of carbonyl (C=O) groups excluding carboxylic acids is 2. The number of fused-ring (bicyclic) bond motifs is 1. The second-order valence-electron chi connectivity index (χ2n) is 8.40. The summed E-state index contributed by atoms with van der Waals surface area (Å²) in [6, 6.07) is 5.32. The Morgan fingerprint density at radius 2 is 1.70 bits per heavy atom. The highest BCUT2D eigenvalue weighted by Crippen LogP contribution is 2.34. The fraction of sp³-hybridized carbons (Fsp3) is 0.652. The zero-order valence-corrected chi connectivity index (χ0v) is 18.1. The van der Waals surface area contributed by atoms with Crippen LogP contribution in [0.1, 0.15) is 49.9 Å². The number of piperazine rings is 1. The lowest BCUT2D eigenvalue weighted by Crippen LogP contribution is -2.58. The zero-order valence-electron chi connectivity index (χ0n) is 18.1. The van der Waals surface area contributed by atoms with Crippen LogP contribution in [-0.4, -0.2) is 78.6 Å². The van der Waals surface area contributed by atoms with Crippen molar-refractivity contribution in [1.29, 1.82) is 0 Å². The normalized spacial score (nSPS) is 20.4. The summed E-state index contributed by atoms with van der Waals surface area (Å²) in [5, 5.41) is 0. The molecule has 0 aromatic heterocycles. The fourth-order valence-electron chi connectivity index (χ4n) is 5.07. The Bertz CT molecular complexity index is 766. The average Bonchev–Trinajstić information content (AvgIpc) is 3.46. The fourth-order valence-corrected chi connectivity index (χ4v) is 5.07. The number of ether oxygens (including phenoxy) is 2. The van der Waals surface area contributed by atoms with Crippen molar-refractivity contribution in [2.24, 2.45) is 5.92 Å². The van der Waals surface area contributed by atoms with Crippen LogP contribution in [0.4, 0.5) is 0 Å². The van der Waals surface area contributed by atoms with Crippen LogP contribution in [0.25, 0.3) is 0 Å². The lowest BCUT2D eigenvalue weighted by Gasteiger charge is -2.42. The molecule has 164 valence electrons. The summed E-state index contributed by atoms with van der Waals surface area (Å²) in [6.07, 6.45) is 4.70. The van der Waals surface area contributed by atoms with Gasteiger partial charge >= 0.3 is 0 Å². The van der Waals surface area contributed by atoms with Gasteiger partial charge in [-0.1, -0.05) is 12.8 Å². The van der Waals surface area contributed by atoms with Gasteiger partial charge in [-0.05, 0) is 50.8 Å². The number of hydrogen-bond donors (Lipinski definition) is 0. The molecule has 1 saturated heterocycles. The molecule has 1 aromatic rings. The van der Waals surface area contributed by atoms with Crippen molar-refractivity contribution in [1.82, 2.24) is 14.7 Å². The summed E-state index contributed by atoms with van der Waals surface area (Å²) >= 11 is 0. The molecule has 2 fully saturated rings. The number of carbonyl (C=O) groups is 2. The number of nitrogens with zero attached hydrogens (tertiary/aromatic N) is 3. The van der Waals surface area contributed by atoms with E-state index in [1.54, 1.807) is 18.2 Å². The van der Waals surface area contributed by atoms with Gasteiger partial charge in [0.05, 0.1) is 6.04 Å². The minimum atomic E-state index is -0.0461. The van der Waals surface area contributed by atoms with Crippen LogP contribution >= 0.6 is 0 Å². The first kappa shape index (κ1) is 21.0. The summed E-state index contributed by atoms with van der Waals surface area (Å²) in [5.74, 6) is 2.04. The largest absolute Gasteiger partial charge is 0.454 e. The number of benzene rings is 1. The second kappa shape index (κ2) is 9.25. The highest BCUT2D eigenvalue weighted by molar-refractivity contribution is 5.95. The molecule has 7 heteroatoms. The van der Waals surface area contributed by atoms with Crippen LogP contribution in [0.5, 0.6) is 11.5 Å². The first-order valence-corrected chi connectivity index (χ1v) is 11.3. The summed E-state index contributed by atoms with van der Waals surface area (Å²) in [5.41, 5.74) is 0.624. The van der Waals surface area contributed by atoms with E-state index in [-0.39, 0.29) is 24.6 Å². The van der Waals surface area contributed by atoms with Gasteiger partial charge in [0.2, 0.25) is 12.7 Å². The smallest absolute Gasteiger partial charge is 0.254 e. The topological polar surface area (TPSA) is 62.3 Å². The van der Waals surface area contributed by atoms with Crippen molar-refractivity contribution >= 4 is 11.8 Å².